The smallest absolute Gasteiger partial charge is 0.307 e. The second-order valence-electron chi connectivity index (χ2n) is 6.51. The average Bonchev–Trinajstić information content (AvgIpc) is 3.01. The Kier molecular flexibility index (Phi) is 3.70. The molecular formula is C17H21NO3. The molecule has 0 saturated heterocycles. The molecule has 0 radical (unpaired) electrons. The van der Waals surface area contributed by atoms with E-state index in [0.717, 1.165) is 12.8 Å². The molecule has 2 aliphatic rings. The number of carboxylic acids is 1. The van der Waals surface area contributed by atoms with E-state index in [-0.39, 0.29) is 17.9 Å². The lowest BCUT2D eigenvalue weighted by molar-refractivity contribution is -0.146. The lowest BCUT2D eigenvalue weighted by Gasteiger charge is -2.19. The van der Waals surface area contributed by atoms with Gasteiger partial charge in [-0.1, -0.05) is 31.2 Å². The maximum Gasteiger partial charge on any atom is 0.307 e. The normalized spacial score (nSPS) is 28.3. The van der Waals surface area contributed by atoms with Crippen LogP contribution in [-0.2, 0) is 22.4 Å². The highest BCUT2D eigenvalue weighted by Gasteiger charge is 2.41. The maximum absolute atomic E-state index is 12.4. The first kappa shape index (κ1) is 14.1. The fraction of sp³-hybridized carbons (Fsp3) is 0.529. The number of nitrogens with one attached hydrogen (secondary N) is 1. The Morgan fingerprint density at radius 1 is 1.10 bits per heavy atom. The van der Waals surface area contributed by atoms with Gasteiger partial charge in [-0.25, -0.2) is 0 Å². The van der Waals surface area contributed by atoms with Crippen LogP contribution in [0.3, 0.4) is 0 Å². The molecule has 3 rings (SSSR count). The molecule has 4 heteroatoms. The molecule has 1 aromatic carbocycles. The first-order valence-corrected chi connectivity index (χ1v) is 7.64. The van der Waals surface area contributed by atoms with E-state index >= 15 is 0 Å². The van der Waals surface area contributed by atoms with Crippen molar-refractivity contribution in [2.45, 2.75) is 38.6 Å². The van der Waals surface area contributed by atoms with E-state index in [1.807, 2.05) is 19.1 Å². The van der Waals surface area contributed by atoms with Crippen LogP contribution in [-0.4, -0.2) is 23.0 Å². The molecule has 0 aromatic heterocycles. The second kappa shape index (κ2) is 5.51. The Hall–Kier alpha value is -1.84. The molecule has 1 saturated carbocycles. The summed E-state index contributed by atoms with van der Waals surface area (Å²) in [5, 5.41) is 12.3. The van der Waals surface area contributed by atoms with Gasteiger partial charge < -0.3 is 10.4 Å². The molecule has 1 unspecified atom stereocenters. The fourth-order valence-electron chi connectivity index (χ4n) is 3.82. The zero-order valence-electron chi connectivity index (χ0n) is 12.2. The van der Waals surface area contributed by atoms with Gasteiger partial charge in [-0.15, -0.1) is 0 Å². The minimum Gasteiger partial charge on any atom is -0.481 e. The van der Waals surface area contributed by atoms with Crippen molar-refractivity contribution >= 4 is 11.9 Å². The Morgan fingerprint density at radius 3 is 2.24 bits per heavy atom. The third-order valence-corrected chi connectivity index (χ3v) is 4.85. The summed E-state index contributed by atoms with van der Waals surface area (Å²) in [6.07, 6.45) is 2.99. The molecule has 0 spiro atoms. The van der Waals surface area contributed by atoms with Crippen LogP contribution in [0.4, 0.5) is 0 Å². The van der Waals surface area contributed by atoms with Crippen molar-refractivity contribution in [1.29, 1.82) is 0 Å². The third-order valence-electron chi connectivity index (χ3n) is 4.85. The van der Waals surface area contributed by atoms with Crippen LogP contribution in [0.2, 0.25) is 0 Å². The fourth-order valence-corrected chi connectivity index (χ4v) is 3.82. The van der Waals surface area contributed by atoms with Crippen molar-refractivity contribution in [2.24, 2.45) is 17.8 Å². The third kappa shape index (κ3) is 2.80. The largest absolute Gasteiger partial charge is 0.481 e. The van der Waals surface area contributed by atoms with Crippen LogP contribution in [0.15, 0.2) is 24.3 Å². The molecule has 1 fully saturated rings. The van der Waals surface area contributed by atoms with Crippen LogP contribution in [0, 0.1) is 17.8 Å². The lowest BCUT2D eigenvalue weighted by atomic mass is 9.95. The monoisotopic (exact) mass is 287 g/mol. The van der Waals surface area contributed by atoms with Gasteiger partial charge in [0.05, 0.1) is 11.8 Å². The van der Waals surface area contributed by atoms with Gasteiger partial charge in [0.2, 0.25) is 5.91 Å². The molecule has 112 valence electrons. The van der Waals surface area contributed by atoms with Crippen molar-refractivity contribution in [1.82, 2.24) is 5.32 Å². The molecule has 2 N–H and O–H groups in total. The molecule has 1 aromatic rings. The first-order valence-electron chi connectivity index (χ1n) is 7.64. The van der Waals surface area contributed by atoms with Gasteiger partial charge in [0.15, 0.2) is 0 Å². The van der Waals surface area contributed by atoms with E-state index in [2.05, 4.69) is 17.4 Å². The van der Waals surface area contributed by atoms with E-state index in [9.17, 15) is 14.7 Å². The van der Waals surface area contributed by atoms with Crippen LogP contribution in [0.5, 0.6) is 0 Å². The number of aliphatic carboxylic acids is 1. The second-order valence-corrected chi connectivity index (χ2v) is 6.51. The van der Waals surface area contributed by atoms with E-state index in [1.54, 1.807) is 0 Å². The van der Waals surface area contributed by atoms with Gasteiger partial charge >= 0.3 is 5.97 Å². The van der Waals surface area contributed by atoms with Gasteiger partial charge in [-0.05, 0) is 42.7 Å². The number of carbonyl (C=O) groups excluding carboxylic acids is 1. The van der Waals surface area contributed by atoms with Crippen molar-refractivity contribution in [3.05, 3.63) is 35.4 Å². The summed E-state index contributed by atoms with van der Waals surface area (Å²) in [7, 11) is 0. The number of carboxylic acid groups (broad SMARTS) is 1. The van der Waals surface area contributed by atoms with Crippen LogP contribution >= 0.6 is 0 Å². The van der Waals surface area contributed by atoms with E-state index in [1.165, 1.54) is 11.1 Å². The summed E-state index contributed by atoms with van der Waals surface area (Å²) in [5.41, 5.74) is 2.58. The summed E-state index contributed by atoms with van der Waals surface area (Å²) in [6.45, 7) is 2.02. The van der Waals surface area contributed by atoms with Crippen LogP contribution < -0.4 is 5.32 Å². The van der Waals surface area contributed by atoms with Crippen LogP contribution in [0.1, 0.15) is 30.9 Å². The predicted octanol–water partition coefficient (Wildman–Crippen LogP) is 2.02. The molecular weight excluding hydrogens is 266 g/mol. The van der Waals surface area contributed by atoms with E-state index in [4.69, 9.17) is 0 Å². The highest BCUT2D eigenvalue weighted by Crippen LogP contribution is 2.36. The number of hydrogen-bond acceptors (Lipinski definition) is 2. The van der Waals surface area contributed by atoms with Gasteiger partial charge in [-0.3, -0.25) is 9.59 Å². The number of fused-ring (bicyclic) bond motifs is 1. The standard InChI is InChI=1S/C17H21NO3/c1-10-6-14(15(7-10)17(20)21)16(19)18-13-8-11-4-2-3-5-12(11)9-13/h2-5,10,13-15H,6-9H2,1H3,(H,18,19)(H,20,21)/t10?,14-,15+/m0/s1. The predicted molar refractivity (Wildman–Crippen MR) is 78.8 cm³/mol. The van der Waals surface area contributed by atoms with Crippen molar-refractivity contribution < 1.29 is 14.7 Å². The van der Waals surface area contributed by atoms with Crippen molar-refractivity contribution in [3.8, 4) is 0 Å². The topological polar surface area (TPSA) is 66.4 Å². The van der Waals surface area contributed by atoms with Gasteiger partial charge in [0, 0.05) is 6.04 Å². The summed E-state index contributed by atoms with van der Waals surface area (Å²) >= 11 is 0. The van der Waals surface area contributed by atoms with Gasteiger partial charge in [0.1, 0.15) is 0 Å². The van der Waals surface area contributed by atoms with Gasteiger partial charge in [-0.2, -0.15) is 0 Å². The molecule has 4 nitrogen and oxygen atoms in total. The Labute approximate surface area is 124 Å². The quantitative estimate of drug-likeness (QED) is 0.893. The number of rotatable bonds is 3. The number of amides is 1. The lowest BCUT2D eigenvalue weighted by Crippen LogP contribution is -2.41. The summed E-state index contributed by atoms with van der Waals surface area (Å²) in [6, 6.07) is 8.34. The van der Waals surface area contributed by atoms with Gasteiger partial charge in [0.25, 0.3) is 0 Å². The molecule has 0 aliphatic heterocycles. The zero-order chi connectivity index (χ0) is 15.0. The number of carbonyl (C=O) groups is 2. The molecule has 1 amide bonds. The average molecular weight is 287 g/mol. The summed E-state index contributed by atoms with van der Waals surface area (Å²) < 4.78 is 0. The maximum atomic E-state index is 12.4. The minimum atomic E-state index is -0.839. The molecule has 0 bridgehead atoms. The van der Waals surface area contributed by atoms with Crippen molar-refractivity contribution in [2.75, 3.05) is 0 Å². The van der Waals surface area contributed by atoms with Crippen LogP contribution in [0.25, 0.3) is 0 Å². The first-order chi connectivity index (χ1) is 10.0. The Bertz CT molecular complexity index is 544. The van der Waals surface area contributed by atoms with Crippen molar-refractivity contribution in [3.63, 3.8) is 0 Å². The molecule has 3 atom stereocenters. The number of benzene rings is 1. The SMILES string of the molecule is CC1C[C@H](C(=O)NC2Cc3ccccc3C2)[C@H](C(=O)O)C1. The van der Waals surface area contributed by atoms with E-state index in [0.29, 0.717) is 18.8 Å². The Morgan fingerprint density at radius 2 is 1.67 bits per heavy atom. The molecule has 0 heterocycles. The number of hydrogen-bond donors (Lipinski definition) is 2. The molecule has 2 aliphatic carbocycles. The summed E-state index contributed by atoms with van der Waals surface area (Å²) in [5.74, 6) is -1.51. The highest BCUT2D eigenvalue weighted by molar-refractivity contribution is 5.85. The highest BCUT2D eigenvalue weighted by atomic mass is 16.4. The Balaban J connectivity index is 1.64. The van der Waals surface area contributed by atoms with E-state index < -0.39 is 11.9 Å². The minimum absolute atomic E-state index is 0.0791. The molecule has 21 heavy (non-hydrogen) atoms. The summed E-state index contributed by atoms with van der Waals surface area (Å²) in [4.78, 5) is 23.7. The zero-order valence-corrected chi connectivity index (χ0v) is 12.2.